The summed E-state index contributed by atoms with van der Waals surface area (Å²) in [6.07, 6.45) is -1.57. The second-order valence-electron chi connectivity index (χ2n) is 6.08. The van der Waals surface area contributed by atoms with Crippen molar-refractivity contribution in [2.24, 2.45) is 11.3 Å². The van der Waals surface area contributed by atoms with E-state index in [1.807, 2.05) is 0 Å². The van der Waals surface area contributed by atoms with Crippen molar-refractivity contribution < 1.29 is 23.2 Å². The number of fused-ring (bicyclic) bond motifs is 1. The van der Waals surface area contributed by atoms with Gasteiger partial charge in [-0.05, 0) is 24.8 Å². The zero-order chi connectivity index (χ0) is 16.8. The van der Waals surface area contributed by atoms with Gasteiger partial charge in [-0.3, -0.25) is 10.1 Å². The highest BCUT2D eigenvalue weighted by molar-refractivity contribution is 5.96. The van der Waals surface area contributed by atoms with Gasteiger partial charge in [0.15, 0.2) is 0 Å². The topological polar surface area (TPSA) is 72.7 Å². The van der Waals surface area contributed by atoms with E-state index in [9.17, 15) is 23.7 Å². The lowest BCUT2D eigenvalue weighted by atomic mass is 9.95. The summed E-state index contributed by atoms with van der Waals surface area (Å²) in [5.74, 6) is -0.739. The monoisotopic (exact) mass is 326 g/mol. The molecule has 8 heteroatoms. The number of piperidine rings is 1. The van der Waals surface area contributed by atoms with Crippen LogP contribution in [0.5, 0.6) is 0 Å². The fraction of sp³-hybridized carbons (Fsp3) is 0.533. The molecule has 1 aromatic carbocycles. The minimum Gasteiger partial charge on any atom is -0.465 e. The highest BCUT2D eigenvalue weighted by Crippen LogP contribution is 2.61. The Bertz CT molecular complexity index is 667. The molecule has 0 N–H and O–H groups in total. The Labute approximate surface area is 131 Å². The van der Waals surface area contributed by atoms with E-state index in [1.165, 1.54) is 25.3 Å². The van der Waals surface area contributed by atoms with Gasteiger partial charge in [-0.1, -0.05) is 0 Å². The maximum absolute atomic E-state index is 13.1. The summed E-state index contributed by atoms with van der Waals surface area (Å²) < 4.78 is 31.0. The van der Waals surface area contributed by atoms with Crippen molar-refractivity contribution in [2.45, 2.75) is 19.3 Å². The Hall–Kier alpha value is -2.25. The van der Waals surface area contributed by atoms with E-state index in [1.54, 1.807) is 4.90 Å². The number of ether oxygens (including phenoxy) is 1. The maximum Gasteiger partial charge on any atom is 0.339 e. The van der Waals surface area contributed by atoms with Crippen LogP contribution in [0.3, 0.4) is 0 Å². The fourth-order valence-corrected chi connectivity index (χ4v) is 3.43. The molecule has 0 amide bonds. The number of nitro groups is 1. The van der Waals surface area contributed by atoms with Gasteiger partial charge in [0.05, 0.1) is 23.3 Å². The van der Waals surface area contributed by atoms with Gasteiger partial charge in [-0.15, -0.1) is 0 Å². The van der Waals surface area contributed by atoms with Crippen molar-refractivity contribution in [1.29, 1.82) is 0 Å². The number of halogens is 2. The number of hydrogen-bond donors (Lipinski definition) is 0. The Morgan fingerprint density at radius 2 is 2.26 bits per heavy atom. The first-order valence-electron chi connectivity index (χ1n) is 7.29. The Balaban J connectivity index is 1.91. The number of esters is 1. The van der Waals surface area contributed by atoms with Crippen LogP contribution in [0.1, 0.15) is 23.2 Å². The smallest absolute Gasteiger partial charge is 0.339 e. The molecule has 1 heterocycles. The number of alkyl halides is 2. The van der Waals surface area contributed by atoms with Crippen LogP contribution in [-0.4, -0.2) is 37.5 Å². The molecule has 0 spiro atoms. The molecule has 1 saturated heterocycles. The molecule has 0 unspecified atom stereocenters. The first-order chi connectivity index (χ1) is 10.9. The number of anilines is 1. The summed E-state index contributed by atoms with van der Waals surface area (Å²) in [6.45, 7) is 0.710. The molecule has 6 nitrogen and oxygen atoms in total. The molecule has 0 aromatic heterocycles. The average Bonchev–Trinajstić information content (AvgIpc) is 3.28. The zero-order valence-electron chi connectivity index (χ0n) is 12.5. The number of methoxy groups -OCH3 is 1. The Morgan fingerprint density at radius 1 is 1.52 bits per heavy atom. The molecule has 1 aromatic rings. The molecule has 2 atom stereocenters. The minimum atomic E-state index is -2.35. The van der Waals surface area contributed by atoms with Crippen LogP contribution >= 0.6 is 0 Å². The number of nitro benzene ring substituents is 1. The lowest BCUT2D eigenvalue weighted by Crippen LogP contribution is -2.38. The van der Waals surface area contributed by atoms with Crippen LogP contribution in [0.15, 0.2) is 18.2 Å². The highest BCUT2D eigenvalue weighted by atomic mass is 19.3. The molecule has 1 aliphatic heterocycles. The lowest BCUT2D eigenvalue weighted by molar-refractivity contribution is -0.384. The number of rotatable bonds is 4. The number of hydrogen-bond acceptors (Lipinski definition) is 5. The second-order valence-corrected chi connectivity index (χ2v) is 6.08. The number of non-ortho nitro benzene ring substituents is 1. The van der Waals surface area contributed by atoms with Crippen molar-refractivity contribution in [1.82, 2.24) is 0 Å². The normalized spacial score (nSPS) is 25.9. The fourth-order valence-electron chi connectivity index (χ4n) is 3.43. The molecule has 124 valence electrons. The average molecular weight is 326 g/mol. The summed E-state index contributed by atoms with van der Waals surface area (Å²) >= 11 is 0. The van der Waals surface area contributed by atoms with Crippen molar-refractivity contribution >= 4 is 17.3 Å². The number of carbonyl (C=O) groups excluding carboxylic acids is 1. The zero-order valence-corrected chi connectivity index (χ0v) is 12.5. The third-order valence-electron chi connectivity index (χ3n) is 4.94. The summed E-state index contributed by atoms with van der Waals surface area (Å²) in [5, 5.41) is 11.0. The van der Waals surface area contributed by atoms with Gasteiger partial charge in [-0.2, -0.15) is 0 Å². The third kappa shape index (κ3) is 2.51. The molecule has 3 rings (SSSR count). The molecule has 0 bridgehead atoms. The standard InChI is InChI=1S/C15H16F2N2O4/c1-23-13(20)11-3-2-10(19(21)22)6-12(11)18-5-4-15(14(16)17)7-9(15)8-18/h2-3,6,9,14H,4-5,7-8H2,1H3/t9-,15+/m1/s1. The molecule has 1 aliphatic carbocycles. The van der Waals surface area contributed by atoms with Gasteiger partial charge in [0, 0.05) is 30.6 Å². The van der Waals surface area contributed by atoms with E-state index in [0.717, 1.165) is 0 Å². The molecule has 0 radical (unpaired) electrons. The number of carbonyl (C=O) groups is 1. The van der Waals surface area contributed by atoms with E-state index in [4.69, 9.17) is 4.74 Å². The highest BCUT2D eigenvalue weighted by Gasteiger charge is 2.62. The van der Waals surface area contributed by atoms with Crippen LogP contribution < -0.4 is 4.90 Å². The predicted octanol–water partition coefficient (Wildman–Crippen LogP) is 2.86. The van der Waals surface area contributed by atoms with Crippen LogP contribution in [0, 0.1) is 21.4 Å². The van der Waals surface area contributed by atoms with E-state index >= 15 is 0 Å². The largest absolute Gasteiger partial charge is 0.465 e. The van der Waals surface area contributed by atoms with Crippen molar-refractivity contribution in [3.63, 3.8) is 0 Å². The predicted molar refractivity (Wildman–Crippen MR) is 77.8 cm³/mol. The quantitative estimate of drug-likeness (QED) is 0.483. The van der Waals surface area contributed by atoms with Crippen molar-refractivity contribution in [2.75, 3.05) is 25.1 Å². The molecule has 2 fully saturated rings. The van der Waals surface area contributed by atoms with Gasteiger partial charge in [0.2, 0.25) is 6.43 Å². The summed E-state index contributed by atoms with van der Waals surface area (Å²) in [6, 6.07) is 3.89. The first-order valence-corrected chi connectivity index (χ1v) is 7.29. The molecular weight excluding hydrogens is 310 g/mol. The van der Waals surface area contributed by atoms with Crippen LogP contribution in [0.25, 0.3) is 0 Å². The summed E-state index contributed by atoms with van der Waals surface area (Å²) in [4.78, 5) is 24.1. The van der Waals surface area contributed by atoms with Crippen LogP contribution in [0.4, 0.5) is 20.2 Å². The molecule has 2 aliphatic rings. The SMILES string of the molecule is COC(=O)c1ccc([N+](=O)[O-])cc1N1CC[C@]2(C(F)F)C[C@@H]2C1. The van der Waals surface area contributed by atoms with Crippen LogP contribution in [-0.2, 0) is 4.74 Å². The summed E-state index contributed by atoms with van der Waals surface area (Å²) in [7, 11) is 1.23. The molecule has 1 saturated carbocycles. The minimum absolute atomic E-state index is 0.138. The van der Waals surface area contributed by atoms with E-state index in [2.05, 4.69) is 0 Å². The lowest BCUT2D eigenvalue weighted by Gasteiger charge is -2.33. The Kier molecular flexibility index (Phi) is 3.69. The van der Waals surface area contributed by atoms with Gasteiger partial charge < -0.3 is 9.64 Å². The van der Waals surface area contributed by atoms with E-state index in [0.29, 0.717) is 31.6 Å². The molecular formula is C15H16F2N2O4. The van der Waals surface area contributed by atoms with Crippen molar-refractivity contribution in [3.05, 3.63) is 33.9 Å². The first kappa shape index (κ1) is 15.6. The second kappa shape index (κ2) is 5.43. The van der Waals surface area contributed by atoms with Crippen LogP contribution in [0.2, 0.25) is 0 Å². The van der Waals surface area contributed by atoms with Gasteiger partial charge in [-0.25, -0.2) is 13.6 Å². The summed E-state index contributed by atoms with van der Waals surface area (Å²) in [5.41, 5.74) is -0.457. The molecule has 23 heavy (non-hydrogen) atoms. The van der Waals surface area contributed by atoms with Gasteiger partial charge in [0.25, 0.3) is 5.69 Å². The maximum atomic E-state index is 13.1. The van der Waals surface area contributed by atoms with E-state index in [-0.39, 0.29) is 17.2 Å². The number of nitrogens with zero attached hydrogens (tertiary/aromatic N) is 2. The van der Waals surface area contributed by atoms with Gasteiger partial charge in [0.1, 0.15) is 0 Å². The van der Waals surface area contributed by atoms with Gasteiger partial charge >= 0.3 is 5.97 Å². The van der Waals surface area contributed by atoms with E-state index < -0.39 is 22.7 Å². The third-order valence-corrected chi connectivity index (χ3v) is 4.94. The Morgan fingerprint density at radius 3 is 2.83 bits per heavy atom. The van der Waals surface area contributed by atoms with Crippen molar-refractivity contribution in [3.8, 4) is 0 Å². The number of benzene rings is 1.